The van der Waals surface area contributed by atoms with E-state index in [-0.39, 0.29) is 45.4 Å². The van der Waals surface area contributed by atoms with E-state index in [0.717, 1.165) is 26.1 Å². The zero-order valence-electron chi connectivity index (χ0n) is 31.7. The van der Waals surface area contributed by atoms with Crippen LogP contribution in [-0.4, -0.2) is 131 Å². The van der Waals surface area contributed by atoms with Gasteiger partial charge in [-0.25, -0.2) is 19.0 Å². The number of carbonyl (C=O) groups is 4. The zero-order chi connectivity index (χ0) is 39.6. The van der Waals surface area contributed by atoms with Gasteiger partial charge in [-0.2, -0.15) is 4.39 Å². The number of rotatable bonds is 9. The van der Waals surface area contributed by atoms with E-state index < -0.39 is 29.2 Å². The number of likely N-dealkylation sites (tertiary alicyclic amines) is 2. The molecule has 296 valence electrons. The number of hydrogen-bond acceptors (Lipinski definition) is 8. The van der Waals surface area contributed by atoms with Crippen LogP contribution in [0.25, 0.3) is 11.3 Å². The second-order valence-electron chi connectivity index (χ2n) is 15.1. The molecule has 14 nitrogen and oxygen atoms in total. The Morgan fingerprint density at radius 3 is 2.24 bits per heavy atom. The second-order valence-corrected chi connectivity index (χ2v) is 15.6. The summed E-state index contributed by atoms with van der Waals surface area (Å²) in [6, 6.07) is 7.16. The predicted molar refractivity (Wildman–Crippen MR) is 201 cm³/mol. The molecule has 4 heterocycles. The number of nitrogens with one attached hydrogen (secondary N) is 2. The molecular weight excluding hydrogens is 738 g/mol. The lowest BCUT2D eigenvalue weighted by molar-refractivity contribution is 0.0525. The average Bonchev–Trinajstić information content (AvgIpc) is 3.83. The number of amides is 5. The van der Waals surface area contributed by atoms with Gasteiger partial charge in [0, 0.05) is 77.2 Å². The molecule has 17 heteroatoms. The fourth-order valence-corrected chi connectivity index (χ4v) is 7.68. The van der Waals surface area contributed by atoms with Crippen LogP contribution in [0.5, 0.6) is 5.75 Å². The van der Waals surface area contributed by atoms with Crippen molar-refractivity contribution in [3.05, 3.63) is 64.6 Å². The summed E-state index contributed by atoms with van der Waals surface area (Å²) in [7, 11) is 2.74. The molecule has 3 aliphatic rings. The predicted octanol–water partition coefficient (Wildman–Crippen LogP) is 4.94. The van der Waals surface area contributed by atoms with E-state index >= 15 is 0 Å². The first-order chi connectivity index (χ1) is 26.1. The number of methoxy groups -OCH3 is 1. The Hall–Kier alpha value is -4.96. The molecule has 0 saturated carbocycles. The molecule has 0 bridgehead atoms. The highest BCUT2D eigenvalue weighted by Crippen LogP contribution is 2.33. The molecule has 6 rings (SSSR count). The number of nitrogens with zero attached hydrogens (tertiary/aromatic N) is 6. The van der Waals surface area contributed by atoms with Crippen LogP contribution in [0.2, 0.25) is 5.02 Å². The van der Waals surface area contributed by atoms with E-state index in [2.05, 4.69) is 20.5 Å². The maximum absolute atomic E-state index is 14.7. The molecule has 0 radical (unpaired) electrons. The first kappa shape index (κ1) is 39.7. The van der Waals surface area contributed by atoms with E-state index in [4.69, 9.17) is 21.1 Å². The van der Waals surface area contributed by atoms with Crippen LogP contribution in [0.4, 0.5) is 24.1 Å². The molecule has 2 aromatic carbocycles. The lowest BCUT2D eigenvalue weighted by Crippen LogP contribution is -2.54. The summed E-state index contributed by atoms with van der Waals surface area (Å²) in [6.45, 7) is 11.7. The van der Waals surface area contributed by atoms with Gasteiger partial charge in [0.25, 0.3) is 11.8 Å². The van der Waals surface area contributed by atoms with Crippen molar-refractivity contribution in [3.63, 3.8) is 0 Å². The smallest absolute Gasteiger partial charge is 0.407 e. The summed E-state index contributed by atoms with van der Waals surface area (Å²) < 4.78 is 40.5. The molecule has 0 unspecified atom stereocenters. The minimum atomic E-state index is -1.15. The van der Waals surface area contributed by atoms with Gasteiger partial charge < -0.3 is 44.3 Å². The van der Waals surface area contributed by atoms with Crippen molar-refractivity contribution < 1.29 is 37.4 Å². The maximum atomic E-state index is 14.7. The number of carbonyl (C=O) groups excluding carboxylic acids is 4. The van der Waals surface area contributed by atoms with Crippen molar-refractivity contribution >= 4 is 41.2 Å². The van der Waals surface area contributed by atoms with Gasteiger partial charge in [-0.05, 0) is 75.9 Å². The van der Waals surface area contributed by atoms with Crippen LogP contribution in [0.15, 0.2) is 36.5 Å². The zero-order valence-corrected chi connectivity index (χ0v) is 32.4. The third-order valence-corrected chi connectivity index (χ3v) is 10.5. The number of hydrogen-bond donors (Lipinski definition) is 2. The average molecular weight is 785 g/mol. The highest BCUT2D eigenvalue weighted by atomic mass is 35.5. The molecule has 2 N–H and O–H groups in total. The first-order valence-electron chi connectivity index (χ1n) is 18.3. The summed E-state index contributed by atoms with van der Waals surface area (Å²) >= 11 is 6.53. The molecular formula is C38H47ClF2N8O6. The normalized spacial score (nSPS) is 18.7. The summed E-state index contributed by atoms with van der Waals surface area (Å²) in [4.78, 5) is 63.8. The number of fused-ring (bicyclic) bond motifs is 1. The lowest BCUT2D eigenvalue weighted by Gasteiger charge is -2.37. The van der Waals surface area contributed by atoms with E-state index in [1.807, 2.05) is 25.7 Å². The number of benzene rings is 2. The molecule has 2 atom stereocenters. The van der Waals surface area contributed by atoms with Gasteiger partial charge >= 0.3 is 12.1 Å². The number of alkyl carbamates (subject to hydrolysis) is 1. The minimum Gasteiger partial charge on any atom is -0.494 e. The van der Waals surface area contributed by atoms with E-state index in [1.54, 1.807) is 15.9 Å². The number of ether oxygens (including phenoxy) is 2. The highest BCUT2D eigenvalue weighted by Gasteiger charge is 2.42. The van der Waals surface area contributed by atoms with Crippen molar-refractivity contribution in [1.82, 2.24) is 34.5 Å². The molecule has 55 heavy (non-hydrogen) atoms. The van der Waals surface area contributed by atoms with Gasteiger partial charge in [-0.15, -0.1) is 0 Å². The number of urea groups is 1. The third kappa shape index (κ3) is 8.96. The van der Waals surface area contributed by atoms with Crippen LogP contribution in [0, 0.1) is 23.5 Å². The molecule has 5 amide bonds. The number of piperazine rings is 1. The van der Waals surface area contributed by atoms with Crippen molar-refractivity contribution in [3.8, 4) is 17.0 Å². The highest BCUT2D eigenvalue weighted by molar-refractivity contribution is 6.34. The van der Waals surface area contributed by atoms with Gasteiger partial charge in [-0.1, -0.05) is 11.6 Å². The van der Waals surface area contributed by atoms with Crippen LogP contribution in [0.1, 0.15) is 48.2 Å². The molecule has 3 aromatic rings. The van der Waals surface area contributed by atoms with E-state index in [0.29, 0.717) is 63.3 Å². The molecule has 1 aromatic heterocycles. The standard InChI is InChI=1S/C38H47ClF2N8O6/c1-38(2,3)55-36(52)42-11-6-12-46-19-23-21-49(22-24(23)20-46)37(53)48-15-13-47(14-16-48)35(51)26-8-7-25(17-28(26)39)44-34(50)33-43-18-29(45(33)4)27-9-10-30(54-5)32(41)31(27)40/h7-10,17-18,23-24H,6,11-16,19-22H2,1-5H3,(H,42,52)(H,44,50)/t23-,24+. The van der Waals surface area contributed by atoms with Crippen LogP contribution < -0.4 is 15.4 Å². The van der Waals surface area contributed by atoms with Crippen molar-refractivity contribution in [1.29, 1.82) is 0 Å². The Labute approximate surface area is 323 Å². The fraction of sp³-hybridized carbons (Fsp3) is 0.500. The van der Waals surface area contributed by atoms with Crippen molar-refractivity contribution in [2.75, 3.05) is 77.9 Å². The minimum absolute atomic E-state index is 0.00568. The Morgan fingerprint density at radius 1 is 0.927 bits per heavy atom. The number of aromatic nitrogens is 2. The topological polar surface area (TPSA) is 142 Å². The maximum Gasteiger partial charge on any atom is 0.407 e. The van der Waals surface area contributed by atoms with E-state index in [9.17, 15) is 28.0 Å². The quantitative estimate of drug-likeness (QED) is 0.291. The SMILES string of the molecule is COc1ccc(-c2cnc(C(=O)Nc3ccc(C(=O)N4CCN(C(=O)N5C[C@H]6CN(CCCNC(=O)OC(C)(C)C)C[C@H]6C5)CC4)c(Cl)c3)n2C)c(F)c1F. The summed E-state index contributed by atoms with van der Waals surface area (Å²) in [5.41, 5.74) is 0.131. The van der Waals surface area contributed by atoms with Gasteiger partial charge in [-0.3, -0.25) is 9.59 Å². The van der Waals surface area contributed by atoms with Gasteiger partial charge in [0.1, 0.15) is 5.60 Å². The Kier molecular flexibility index (Phi) is 11.9. The molecule has 3 saturated heterocycles. The molecule has 3 aliphatic heterocycles. The summed E-state index contributed by atoms with van der Waals surface area (Å²) in [6.07, 6.45) is 1.69. The van der Waals surface area contributed by atoms with E-state index in [1.165, 1.54) is 49.2 Å². The van der Waals surface area contributed by atoms with Gasteiger partial charge in [0.15, 0.2) is 17.4 Å². The van der Waals surface area contributed by atoms with Crippen molar-refractivity contribution in [2.45, 2.75) is 32.8 Å². The third-order valence-electron chi connectivity index (χ3n) is 10.2. The second kappa shape index (κ2) is 16.4. The van der Waals surface area contributed by atoms with Crippen LogP contribution >= 0.6 is 11.6 Å². The number of imidazole rings is 1. The van der Waals surface area contributed by atoms with Crippen LogP contribution in [-0.2, 0) is 11.8 Å². The largest absolute Gasteiger partial charge is 0.494 e. The first-order valence-corrected chi connectivity index (χ1v) is 18.7. The van der Waals surface area contributed by atoms with Crippen LogP contribution in [0.3, 0.4) is 0 Å². The Morgan fingerprint density at radius 2 is 1.60 bits per heavy atom. The summed E-state index contributed by atoms with van der Waals surface area (Å²) in [5.74, 6) is -2.66. The lowest BCUT2D eigenvalue weighted by atomic mass is 10.0. The molecule has 0 spiro atoms. The molecule has 0 aliphatic carbocycles. The number of halogens is 3. The Balaban J connectivity index is 0.951. The summed E-state index contributed by atoms with van der Waals surface area (Å²) in [5, 5.41) is 5.63. The monoisotopic (exact) mass is 784 g/mol. The van der Waals surface area contributed by atoms with Gasteiger partial charge in [0.05, 0.1) is 29.6 Å². The number of anilines is 1. The molecule has 3 fully saturated rings. The Bertz CT molecular complexity index is 1930. The van der Waals surface area contributed by atoms with Gasteiger partial charge in [0.2, 0.25) is 5.82 Å². The fourth-order valence-electron chi connectivity index (χ4n) is 7.42. The van der Waals surface area contributed by atoms with Crippen molar-refractivity contribution in [2.24, 2.45) is 18.9 Å².